The van der Waals surface area contributed by atoms with Crippen LogP contribution in [-0.4, -0.2) is 10.8 Å². The van der Waals surface area contributed by atoms with E-state index >= 15 is 0 Å². The third kappa shape index (κ3) is 2.98. The fraction of sp³-hybridized carbons (Fsp3) is 0.133. The van der Waals surface area contributed by atoms with E-state index in [1.807, 2.05) is 13.0 Å². The maximum absolute atomic E-state index is 12.4. The van der Waals surface area contributed by atoms with Gasteiger partial charge in [-0.25, -0.2) is 0 Å². The minimum absolute atomic E-state index is 0.263. The lowest BCUT2D eigenvalue weighted by Gasteiger charge is -2.09. The van der Waals surface area contributed by atoms with E-state index in [2.05, 4.69) is 4.98 Å². The summed E-state index contributed by atoms with van der Waals surface area (Å²) in [7, 11) is 0. The smallest absolute Gasteiger partial charge is 0.184 e. The number of aryl methyl sites for hydroxylation is 1. The van der Waals surface area contributed by atoms with Crippen LogP contribution in [0.3, 0.4) is 0 Å². The standard InChI is InChI=1S/C15H11ClN2O/c1-10-5-12(7-13(16)6-10)15(19)14(8-17)11-3-2-4-18-9-11/h2-7,9,14H,1H3. The van der Waals surface area contributed by atoms with Crippen molar-refractivity contribution in [2.75, 3.05) is 0 Å². The van der Waals surface area contributed by atoms with Crippen LogP contribution in [-0.2, 0) is 0 Å². The van der Waals surface area contributed by atoms with Crippen LogP contribution in [0.25, 0.3) is 0 Å². The topological polar surface area (TPSA) is 53.8 Å². The van der Waals surface area contributed by atoms with Crippen LogP contribution in [0, 0.1) is 18.3 Å². The number of nitrogens with zero attached hydrogens (tertiary/aromatic N) is 2. The van der Waals surface area contributed by atoms with Gasteiger partial charge in [-0.15, -0.1) is 0 Å². The van der Waals surface area contributed by atoms with E-state index in [1.54, 1.807) is 36.5 Å². The fourth-order valence-corrected chi connectivity index (χ4v) is 2.17. The molecule has 0 radical (unpaired) electrons. The van der Waals surface area contributed by atoms with E-state index in [9.17, 15) is 10.1 Å². The number of pyridine rings is 1. The first-order chi connectivity index (χ1) is 9.11. The van der Waals surface area contributed by atoms with Crippen molar-refractivity contribution in [1.82, 2.24) is 4.98 Å². The van der Waals surface area contributed by atoms with Gasteiger partial charge >= 0.3 is 0 Å². The lowest BCUT2D eigenvalue weighted by Crippen LogP contribution is -2.11. The third-order valence-electron chi connectivity index (χ3n) is 2.74. The highest BCUT2D eigenvalue weighted by Gasteiger charge is 2.22. The normalized spacial score (nSPS) is 11.6. The Hall–Kier alpha value is -2.18. The summed E-state index contributed by atoms with van der Waals surface area (Å²) in [5.74, 6) is -1.12. The molecule has 4 heteroatoms. The first kappa shape index (κ1) is 13.3. The number of carbonyl (C=O) groups excluding carboxylic acids is 1. The van der Waals surface area contributed by atoms with Gasteiger partial charge in [-0.3, -0.25) is 9.78 Å². The van der Waals surface area contributed by atoms with Gasteiger partial charge in [0.2, 0.25) is 0 Å². The summed E-state index contributed by atoms with van der Waals surface area (Å²) in [6.45, 7) is 1.86. The zero-order valence-electron chi connectivity index (χ0n) is 10.3. The van der Waals surface area contributed by atoms with Gasteiger partial charge in [-0.1, -0.05) is 17.7 Å². The molecule has 1 aromatic heterocycles. The van der Waals surface area contributed by atoms with E-state index in [0.717, 1.165) is 5.56 Å². The summed E-state index contributed by atoms with van der Waals surface area (Å²) in [5.41, 5.74) is 1.92. The Morgan fingerprint density at radius 3 is 2.79 bits per heavy atom. The monoisotopic (exact) mass is 270 g/mol. The van der Waals surface area contributed by atoms with Gasteiger partial charge in [-0.2, -0.15) is 5.26 Å². The molecule has 94 valence electrons. The molecule has 0 fully saturated rings. The van der Waals surface area contributed by atoms with Crippen molar-refractivity contribution in [1.29, 1.82) is 5.26 Å². The Kier molecular flexibility index (Phi) is 3.94. The van der Waals surface area contributed by atoms with Gasteiger partial charge in [0.05, 0.1) is 6.07 Å². The van der Waals surface area contributed by atoms with Crippen molar-refractivity contribution in [2.45, 2.75) is 12.8 Å². The molecule has 0 aliphatic carbocycles. The van der Waals surface area contributed by atoms with Gasteiger partial charge in [0, 0.05) is 23.0 Å². The maximum atomic E-state index is 12.4. The lowest BCUT2D eigenvalue weighted by atomic mass is 9.92. The average molecular weight is 271 g/mol. The number of ketones is 1. The van der Waals surface area contributed by atoms with E-state index < -0.39 is 5.92 Å². The van der Waals surface area contributed by atoms with Crippen LogP contribution >= 0.6 is 11.6 Å². The fourth-order valence-electron chi connectivity index (χ4n) is 1.88. The van der Waals surface area contributed by atoms with Crippen molar-refractivity contribution in [2.24, 2.45) is 0 Å². The number of hydrogen-bond donors (Lipinski definition) is 0. The first-order valence-corrected chi connectivity index (χ1v) is 6.10. The predicted molar refractivity (Wildman–Crippen MR) is 73.1 cm³/mol. The highest BCUT2D eigenvalue weighted by atomic mass is 35.5. The van der Waals surface area contributed by atoms with Crippen molar-refractivity contribution >= 4 is 17.4 Å². The average Bonchev–Trinajstić information content (AvgIpc) is 2.39. The molecule has 0 N–H and O–H groups in total. The van der Waals surface area contributed by atoms with Crippen LogP contribution in [0.2, 0.25) is 5.02 Å². The number of benzene rings is 1. The molecule has 19 heavy (non-hydrogen) atoms. The molecule has 2 rings (SSSR count). The van der Waals surface area contributed by atoms with Crippen LogP contribution in [0.4, 0.5) is 0 Å². The van der Waals surface area contributed by atoms with Crippen molar-refractivity contribution in [3.05, 3.63) is 64.4 Å². The van der Waals surface area contributed by atoms with Crippen molar-refractivity contribution < 1.29 is 4.79 Å². The van der Waals surface area contributed by atoms with Crippen LogP contribution in [0.1, 0.15) is 27.4 Å². The number of nitriles is 1. The second-order valence-electron chi connectivity index (χ2n) is 4.23. The van der Waals surface area contributed by atoms with Gasteiger partial charge in [-0.05, 0) is 42.3 Å². The summed E-state index contributed by atoms with van der Waals surface area (Å²) >= 11 is 5.94. The van der Waals surface area contributed by atoms with E-state index in [4.69, 9.17) is 11.6 Å². The molecule has 1 unspecified atom stereocenters. The number of rotatable bonds is 3. The number of hydrogen-bond acceptors (Lipinski definition) is 3. The van der Waals surface area contributed by atoms with Gasteiger partial charge in [0.25, 0.3) is 0 Å². The SMILES string of the molecule is Cc1cc(Cl)cc(C(=O)C(C#N)c2cccnc2)c1. The highest BCUT2D eigenvalue weighted by molar-refractivity contribution is 6.31. The zero-order valence-corrected chi connectivity index (χ0v) is 11.1. The second-order valence-corrected chi connectivity index (χ2v) is 4.67. The molecule has 1 atom stereocenters. The van der Waals surface area contributed by atoms with Crippen LogP contribution in [0.15, 0.2) is 42.7 Å². The molecular weight excluding hydrogens is 260 g/mol. The maximum Gasteiger partial charge on any atom is 0.184 e. The molecule has 3 nitrogen and oxygen atoms in total. The van der Waals surface area contributed by atoms with Gasteiger partial charge in [0.15, 0.2) is 5.78 Å². The minimum atomic E-state index is -0.855. The van der Waals surface area contributed by atoms with E-state index in [-0.39, 0.29) is 5.78 Å². The number of halogens is 1. The summed E-state index contributed by atoms with van der Waals surface area (Å²) in [6.07, 6.45) is 3.13. The molecule has 2 aromatic rings. The molecule has 0 spiro atoms. The lowest BCUT2D eigenvalue weighted by molar-refractivity contribution is 0.0978. The quantitative estimate of drug-likeness (QED) is 0.802. The molecule has 1 aromatic carbocycles. The third-order valence-corrected chi connectivity index (χ3v) is 2.95. The Morgan fingerprint density at radius 2 is 2.21 bits per heavy atom. The molecular formula is C15H11ClN2O. The van der Waals surface area contributed by atoms with Crippen LogP contribution < -0.4 is 0 Å². The largest absolute Gasteiger partial charge is 0.292 e. The number of carbonyl (C=O) groups is 1. The summed E-state index contributed by atoms with van der Waals surface area (Å²) in [4.78, 5) is 16.3. The molecule has 0 aliphatic rings. The van der Waals surface area contributed by atoms with Crippen molar-refractivity contribution in [3.8, 4) is 6.07 Å². The molecule has 0 aliphatic heterocycles. The molecule has 0 saturated carbocycles. The van der Waals surface area contributed by atoms with Gasteiger partial charge in [0.1, 0.15) is 5.92 Å². The minimum Gasteiger partial charge on any atom is -0.292 e. The Labute approximate surface area is 116 Å². The van der Waals surface area contributed by atoms with Crippen molar-refractivity contribution in [3.63, 3.8) is 0 Å². The first-order valence-electron chi connectivity index (χ1n) is 5.73. The predicted octanol–water partition coefficient (Wildman–Crippen LogP) is 3.53. The Bertz CT molecular complexity index is 627. The number of Topliss-reactive ketones (excluding diaryl/α,β-unsaturated/α-hetero) is 1. The number of aromatic nitrogens is 1. The Morgan fingerprint density at radius 1 is 1.42 bits per heavy atom. The molecule has 0 bridgehead atoms. The van der Waals surface area contributed by atoms with Gasteiger partial charge < -0.3 is 0 Å². The summed E-state index contributed by atoms with van der Waals surface area (Å²) < 4.78 is 0. The Balaban J connectivity index is 2.40. The zero-order chi connectivity index (χ0) is 13.8. The second kappa shape index (κ2) is 5.64. The highest BCUT2D eigenvalue weighted by Crippen LogP contribution is 2.22. The molecule has 1 heterocycles. The summed E-state index contributed by atoms with van der Waals surface area (Å²) in [5, 5.41) is 9.71. The molecule has 0 saturated heterocycles. The van der Waals surface area contributed by atoms with E-state index in [1.165, 1.54) is 6.20 Å². The van der Waals surface area contributed by atoms with E-state index in [0.29, 0.717) is 16.1 Å². The molecule has 0 amide bonds. The summed E-state index contributed by atoms with van der Waals surface area (Å²) in [6, 6.07) is 10.5. The van der Waals surface area contributed by atoms with Crippen LogP contribution in [0.5, 0.6) is 0 Å².